The number of carbonyl (C=O) groups excluding carboxylic acids is 3. The lowest BCUT2D eigenvalue weighted by atomic mass is 9.53. The van der Waals surface area contributed by atoms with E-state index in [9.17, 15) is 14.4 Å². The fourth-order valence-corrected chi connectivity index (χ4v) is 6.34. The van der Waals surface area contributed by atoms with Crippen LogP contribution in [0.3, 0.4) is 0 Å². The van der Waals surface area contributed by atoms with E-state index in [0.717, 1.165) is 41.9 Å². The highest BCUT2D eigenvalue weighted by molar-refractivity contribution is 5.86. The van der Waals surface area contributed by atoms with Gasteiger partial charge in [-0.25, -0.2) is 0 Å². The van der Waals surface area contributed by atoms with Crippen LogP contribution in [-0.4, -0.2) is 56.1 Å². The molecule has 5 rings (SSSR count). The first kappa shape index (κ1) is 17.8. The molecule has 0 aromatic heterocycles. The second-order valence-electron chi connectivity index (χ2n) is 8.95. The predicted molar refractivity (Wildman–Crippen MR) is 93.2 cm³/mol. The third kappa shape index (κ3) is 3.46. The molecule has 2 amide bonds. The van der Waals surface area contributed by atoms with E-state index in [1.54, 1.807) is 0 Å². The minimum absolute atomic E-state index is 0.0127. The topological polar surface area (TPSA) is 88.9 Å². The number of nitrogens with one attached hydrogen (secondary N) is 3. The van der Waals surface area contributed by atoms with Gasteiger partial charge in [-0.3, -0.25) is 14.4 Å². The molecule has 1 unspecified atom stereocenters. The molecule has 3 N–H and O–H groups in total. The van der Waals surface area contributed by atoms with Gasteiger partial charge in [-0.2, -0.15) is 0 Å². The quantitative estimate of drug-likeness (QED) is 0.547. The normalized spacial score (nSPS) is 40.8. The highest BCUT2D eigenvalue weighted by atomic mass is 16.5. The van der Waals surface area contributed by atoms with Crippen LogP contribution in [-0.2, 0) is 19.1 Å². The van der Waals surface area contributed by atoms with Crippen molar-refractivity contribution in [3.8, 4) is 0 Å². The van der Waals surface area contributed by atoms with Gasteiger partial charge in [0.05, 0.1) is 20.2 Å². The predicted octanol–water partition coefficient (Wildman–Crippen LogP) is -0.982. The summed E-state index contributed by atoms with van der Waals surface area (Å²) in [6.07, 6.45) is 7.39. The minimum atomic E-state index is -0.543. The number of carbonyl (C=O) groups is 3. The smallest absolute Gasteiger partial charge is 0.312 e. The Labute approximate surface area is 154 Å². The Balaban J connectivity index is 1.39. The van der Waals surface area contributed by atoms with Crippen LogP contribution in [0.5, 0.6) is 0 Å². The van der Waals surface area contributed by atoms with Crippen molar-refractivity contribution in [2.24, 2.45) is 17.8 Å². The van der Waals surface area contributed by atoms with Crippen LogP contribution in [0.25, 0.3) is 0 Å². The van der Waals surface area contributed by atoms with Crippen molar-refractivity contribution in [1.29, 1.82) is 0 Å². The first-order chi connectivity index (χ1) is 12.5. The number of ether oxygens (including phenoxy) is 1. The standard InChI is InChI=1S/C19H29N3O4/c1-26-17(24)7-15-18(25)20-2-3-22(15)11-16(23)21-19-8-12-4-13(9-19)6-14(5-12)10-19/h12-15H,2-11H2,1H3,(H,20,25)(H,21,23)/p+1/t12?,13?,14?,15-,19?/m1/s1. The first-order valence-corrected chi connectivity index (χ1v) is 9.96. The van der Waals surface area contributed by atoms with Gasteiger partial charge >= 0.3 is 5.97 Å². The highest BCUT2D eigenvalue weighted by Crippen LogP contribution is 2.55. The molecule has 4 bridgehead atoms. The lowest BCUT2D eigenvalue weighted by Crippen LogP contribution is -3.20. The summed E-state index contributed by atoms with van der Waals surface area (Å²) >= 11 is 0. The molecule has 0 aromatic rings. The minimum Gasteiger partial charge on any atom is -0.469 e. The van der Waals surface area contributed by atoms with Gasteiger partial charge < -0.3 is 20.3 Å². The molecule has 0 radical (unpaired) electrons. The number of hydrogen-bond acceptors (Lipinski definition) is 4. The molecule has 0 spiro atoms. The van der Waals surface area contributed by atoms with Gasteiger partial charge in [0.1, 0.15) is 6.42 Å². The monoisotopic (exact) mass is 364 g/mol. The van der Waals surface area contributed by atoms with Crippen molar-refractivity contribution in [2.45, 2.75) is 56.5 Å². The second kappa shape index (κ2) is 6.83. The van der Waals surface area contributed by atoms with Crippen molar-refractivity contribution < 1.29 is 24.0 Å². The molecule has 2 atom stereocenters. The molecule has 26 heavy (non-hydrogen) atoms. The molecule has 144 valence electrons. The van der Waals surface area contributed by atoms with Crippen LogP contribution in [0.15, 0.2) is 0 Å². The van der Waals surface area contributed by atoms with Crippen molar-refractivity contribution in [3.63, 3.8) is 0 Å². The maximum absolute atomic E-state index is 12.8. The van der Waals surface area contributed by atoms with Crippen LogP contribution in [0.4, 0.5) is 0 Å². The summed E-state index contributed by atoms with van der Waals surface area (Å²) in [4.78, 5) is 37.5. The van der Waals surface area contributed by atoms with Gasteiger partial charge in [0, 0.05) is 5.54 Å². The van der Waals surface area contributed by atoms with Crippen molar-refractivity contribution in [1.82, 2.24) is 10.6 Å². The molecule has 1 heterocycles. The van der Waals surface area contributed by atoms with E-state index in [-0.39, 0.29) is 30.3 Å². The summed E-state index contributed by atoms with van der Waals surface area (Å²) in [7, 11) is 1.32. The number of methoxy groups -OCH3 is 1. The van der Waals surface area contributed by atoms with E-state index in [2.05, 4.69) is 10.6 Å². The van der Waals surface area contributed by atoms with Gasteiger partial charge in [0.25, 0.3) is 11.8 Å². The number of piperazine rings is 1. The molecule has 5 fully saturated rings. The van der Waals surface area contributed by atoms with E-state index in [1.165, 1.54) is 26.4 Å². The summed E-state index contributed by atoms with van der Waals surface area (Å²) in [5.74, 6) is 1.78. The number of rotatable bonds is 5. The highest BCUT2D eigenvalue weighted by Gasteiger charge is 2.51. The molecule has 0 aromatic carbocycles. The Morgan fingerprint density at radius 3 is 2.38 bits per heavy atom. The van der Waals surface area contributed by atoms with Crippen LogP contribution in [0, 0.1) is 17.8 Å². The van der Waals surface area contributed by atoms with E-state index in [0.29, 0.717) is 13.1 Å². The van der Waals surface area contributed by atoms with E-state index < -0.39 is 12.0 Å². The lowest BCUT2D eigenvalue weighted by Gasteiger charge is -2.56. The largest absolute Gasteiger partial charge is 0.469 e. The summed E-state index contributed by atoms with van der Waals surface area (Å²) in [6.45, 7) is 1.44. The van der Waals surface area contributed by atoms with Gasteiger partial charge in [0.15, 0.2) is 12.6 Å². The maximum atomic E-state index is 12.8. The van der Waals surface area contributed by atoms with E-state index in [4.69, 9.17) is 4.74 Å². The fraction of sp³-hybridized carbons (Fsp3) is 0.842. The fourth-order valence-electron chi connectivity index (χ4n) is 6.34. The van der Waals surface area contributed by atoms with Crippen molar-refractivity contribution >= 4 is 17.8 Å². The molecule has 7 heteroatoms. The summed E-state index contributed by atoms with van der Waals surface area (Å²) in [6, 6.07) is -0.543. The zero-order valence-corrected chi connectivity index (χ0v) is 15.5. The zero-order chi connectivity index (χ0) is 18.3. The van der Waals surface area contributed by atoms with Gasteiger partial charge in [-0.15, -0.1) is 0 Å². The average molecular weight is 364 g/mol. The Hall–Kier alpha value is -1.63. The maximum Gasteiger partial charge on any atom is 0.312 e. The Morgan fingerprint density at radius 2 is 1.81 bits per heavy atom. The molecule has 7 nitrogen and oxygen atoms in total. The molecule has 1 aliphatic heterocycles. The third-order valence-electron chi connectivity index (χ3n) is 6.98. The molecule has 4 saturated carbocycles. The number of esters is 1. The van der Waals surface area contributed by atoms with E-state index in [1.807, 2.05) is 0 Å². The number of amides is 2. The molecule has 4 aliphatic carbocycles. The molecule has 1 saturated heterocycles. The molecular formula is C19H30N3O4+. The Morgan fingerprint density at radius 1 is 1.19 bits per heavy atom. The van der Waals surface area contributed by atoms with Crippen LogP contribution >= 0.6 is 0 Å². The van der Waals surface area contributed by atoms with Crippen LogP contribution in [0.2, 0.25) is 0 Å². The molecule has 5 aliphatic rings. The number of hydrogen-bond donors (Lipinski definition) is 3. The Bertz CT molecular complexity index is 570. The second-order valence-corrected chi connectivity index (χ2v) is 8.95. The average Bonchev–Trinajstić information content (AvgIpc) is 2.56. The van der Waals surface area contributed by atoms with Gasteiger partial charge in [-0.05, 0) is 56.3 Å². The zero-order valence-electron chi connectivity index (χ0n) is 15.5. The first-order valence-electron chi connectivity index (χ1n) is 9.96. The third-order valence-corrected chi connectivity index (χ3v) is 6.98. The van der Waals surface area contributed by atoms with Gasteiger partial charge in [0.2, 0.25) is 0 Å². The van der Waals surface area contributed by atoms with Gasteiger partial charge in [-0.1, -0.05) is 0 Å². The summed E-state index contributed by atoms with van der Waals surface area (Å²) < 4.78 is 4.71. The lowest BCUT2D eigenvalue weighted by molar-refractivity contribution is -0.909. The van der Waals surface area contributed by atoms with Crippen LogP contribution in [0.1, 0.15) is 44.9 Å². The van der Waals surface area contributed by atoms with E-state index >= 15 is 0 Å². The summed E-state index contributed by atoms with van der Waals surface area (Å²) in [5.41, 5.74) is -0.0127. The van der Waals surface area contributed by atoms with Crippen molar-refractivity contribution in [2.75, 3.05) is 26.7 Å². The SMILES string of the molecule is COC(=O)C[C@@H]1C(=O)NCC[NH+]1CC(=O)NC12CC3CC(CC(C3)C1)C2. The number of quaternary nitrogens is 1. The Kier molecular flexibility index (Phi) is 4.67. The van der Waals surface area contributed by atoms with Crippen LogP contribution < -0.4 is 15.5 Å². The summed E-state index contributed by atoms with van der Waals surface area (Å²) in [5, 5.41) is 6.16. The molecular weight excluding hydrogens is 334 g/mol. The van der Waals surface area contributed by atoms with Crippen molar-refractivity contribution in [3.05, 3.63) is 0 Å².